The van der Waals surface area contributed by atoms with Gasteiger partial charge in [-0.15, -0.1) is 0 Å². The zero-order valence-corrected chi connectivity index (χ0v) is 6.96. The van der Waals surface area contributed by atoms with Gasteiger partial charge >= 0.3 is 7.69 Å². The van der Waals surface area contributed by atoms with Gasteiger partial charge in [-0.3, -0.25) is 0 Å². The van der Waals surface area contributed by atoms with Crippen LogP contribution in [0.15, 0.2) is 36.8 Å². The Hall–Kier alpha value is -1.46. The van der Waals surface area contributed by atoms with Crippen LogP contribution in [0.4, 0.5) is 0 Å². The van der Waals surface area contributed by atoms with Crippen LogP contribution in [0.25, 0.3) is 10.9 Å². The lowest BCUT2D eigenvalue weighted by molar-refractivity contribution is 0.448. The van der Waals surface area contributed by atoms with Crippen molar-refractivity contribution in [2.75, 3.05) is 0 Å². The molecule has 0 amide bonds. The highest BCUT2D eigenvalue weighted by Gasteiger charge is 1.87. The molecule has 0 aliphatic rings. The van der Waals surface area contributed by atoms with Crippen molar-refractivity contribution in [3.63, 3.8) is 0 Å². The second kappa shape index (κ2) is 5.24. The van der Waals surface area contributed by atoms with Crippen molar-refractivity contribution >= 4 is 18.6 Å². The number of rotatable bonds is 0. The summed E-state index contributed by atoms with van der Waals surface area (Å²) >= 11 is 0. The van der Waals surface area contributed by atoms with Crippen LogP contribution in [-0.2, 0) is 0 Å². The van der Waals surface area contributed by atoms with Gasteiger partial charge in [0.25, 0.3) is 0 Å². The van der Waals surface area contributed by atoms with E-state index in [1.807, 2.05) is 30.5 Å². The van der Waals surface area contributed by atoms with E-state index in [-0.39, 0.29) is 0 Å². The maximum Gasteiger partial charge on any atom is 0.432 e. The van der Waals surface area contributed by atoms with Crippen molar-refractivity contribution in [2.45, 2.75) is 0 Å². The highest BCUT2D eigenvalue weighted by atomic mass is 16.4. The Kier molecular flexibility index (Phi) is 3.88. The molecule has 0 saturated carbocycles. The van der Waals surface area contributed by atoms with Crippen molar-refractivity contribution in [1.29, 1.82) is 0 Å². The summed E-state index contributed by atoms with van der Waals surface area (Å²) in [5.74, 6) is 0. The molecular weight excluding hydrogens is 167 g/mol. The molecular formula is C8H9BN2O2. The minimum Gasteiger partial charge on any atom is -0.430 e. The molecule has 0 fully saturated rings. The molecule has 1 heterocycles. The summed E-state index contributed by atoms with van der Waals surface area (Å²) in [5, 5.41) is 15.3. The summed E-state index contributed by atoms with van der Waals surface area (Å²) in [5.41, 5.74) is 0.998. The van der Waals surface area contributed by atoms with Crippen LogP contribution in [-0.4, -0.2) is 27.7 Å². The Morgan fingerprint density at radius 1 is 1.15 bits per heavy atom. The van der Waals surface area contributed by atoms with Gasteiger partial charge in [0, 0.05) is 11.6 Å². The molecule has 0 atom stereocenters. The van der Waals surface area contributed by atoms with Gasteiger partial charge in [-0.25, -0.2) is 9.97 Å². The molecule has 0 unspecified atom stereocenters. The minimum atomic E-state index is -0.750. The third kappa shape index (κ3) is 2.81. The number of hydrogen-bond acceptors (Lipinski definition) is 4. The van der Waals surface area contributed by atoms with Crippen molar-refractivity contribution in [2.24, 2.45) is 0 Å². The van der Waals surface area contributed by atoms with Gasteiger partial charge < -0.3 is 10.0 Å². The molecule has 13 heavy (non-hydrogen) atoms. The normalized spacial score (nSPS) is 8.77. The smallest absolute Gasteiger partial charge is 0.430 e. The second-order valence-electron chi connectivity index (χ2n) is 2.22. The van der Waals surface area contributed by atoms with E-state index in [0.29, 0.717) is 0 Å². The van der Waals surface area contributed by atoms with E-state index in [1.54, 1.807) is 6.33 Å². The van der Waals surface area contributed by atoms with Gasteiger partial charge in [-0.1, -0.05) is 18.2 Å². The number of benzene rings is 1. The molecule has 4 nitrogen and oxygen atoms in total. The number of nitrogens with zero attached hydrogens (tertiary/aromatic N) is 2. The summed E-state index contributed by atoms with van der Waals surface area (Å²) < 4.78 is 0. The van der Waals surface area contributed by atoms with Crippen LogP contribution < -0.4 is 0 Å². The van der Waals surface area contributed by atoms with Crippen LogP contribution in [0.2, 0.25) is 0 Å². The standard InChI is InChI=1S/C8H6N2.BH3O2/c1-2-4-8-7(3-1)5-9-6-10-8;2-1-3/h1-6H;1-3H. The number of aromatic nitrogens is 2. The molecule has 1 aromatic carbocycles. The lowest BCUT2D eigenvalue weighted by Crippen LogP contribution is -1.77. The Morgan fingerprint density at radius 2 is 1.85 bits per heavy atom. The molecule has 2 rings (SSSR count). The van der Waals surface area contributed by atoms with Crippen molar-refractivity contribution in [3.8, 4) is 0 Å². The van der Waals surface area contributed by atoms with Crippen LogP contribution >= 0.6 is 0 Å². The van der Waals surface area contributed by atoms with Gasteiger partial charge in [-0.2, -0.15) is 0 Å². The van der Waals surface area contributed by atoms with Crippen LogP contribution in [0.3, 0.4) is 0 Å². The zero-order chi connectivity index (χ0) is 9.52. The molecule has 2 aromatic rings. The van der Waals surface area contributed by atoms with Gasteiger partial charge in [0.1, 0.15) is 6.33 Å². The quantitative estimate of drug-likeness (QED) is 0.548. The Bertz CT molecular complexity index is 304. The van der Waals surface area contributed by atoms with E-state index in [4.69, 9.17) is 10.0 Å². The van der Waals surface area contributed by atoms with Gasteiger partial charge in [-0.05, 0) is 6.07 Å². The summed E-state index contributed by atoms with van der Waals surface area (Å²) in [4.78, 5) is 7.97. The molecule has 0 aliphatic carbocycles. The first-order valence-corrected chi connectivity index (χ1v) is 3.75. The number of fused-ring (bicyclic) bond motifs is 1. The van der Waals surface area contributed by atoms with Crippen LogP contribution in [0.1, 0.15) is 0 Å². The van der Waals surface area contributed by atoms with Gasteiger partial charge in [0.05, 0.1) is 5.52 Å². The zero-order valence-electron chi connectivity index (χ0n) is 6.96. The molecule has 1 aromatic heterocycles. The summed E-state index contributed by atoms with van der Waals surface area (Å²) in [6.45, 7) is 0. The van der Waals surface area contributed by atoms with E-state index in [1.165, 1.54) is 0 Å². The molecule has 0 aliphatic heterocycles. The Labute approximate surface area is 76.2 Å². The highest BCUT2D eigenvalue weighted by Crippen LogP contribution is 2.06. The monoisotopic (exact) mass is 176 g/mol. The lowest BCUT2D eigenvalue weighted by atomic mass is 10.2. The Morgan fingerprint density at radius 3 is 2.54 bits per heavy atom. The van der Waals surface area contributed by atoms with Crippen molar-refractivity contribution in [1.82, 2.24) is 9.97 Å². The van der Waals surface area contributed by atoms with Crippen LogP contribution in [0.5, 0.6) is 0 Å². The first kappa shape index (κ1) is 9.63. The molecule has 66 valence electrons. The van der Waals surface area contributed by atoms with E-state index in [0.717, 1.165) is 10.9 Å². The average molecular weight is 176 g/mol. The first-order valence-electron chi connectivity index (χ1n) is 3.75. The Balaban J connectivity index is 0.000000251. The van der Waals surface area contributed by atoms with Crippen molar-refractivity contribution < 1.29 is 10.0 Å². The van der Waals surface area contributed by atoms with E-state index in [9.17, 15) is 0 Å². The highest BCUT2D eigenvalue weighted by molar-refractivity contribution is 6.13. The SMILES string of the molecule is OBO.c1ccc2ncncc2c1. The molecule has 0 radical (unpaired) electrons. The molecule has 5 heteroatoms. The summed E-state index contributed by atoms with van der Waals surface area (Å²) in [6, 6.07) is 7.91. The maximum atomic E-state index is 7.12. The van der Waals surface area contributed by atoms with Crippen molar-refractivity contribution in [3.05, 3.63) is 36.8 Å². The van der Waals surface area contributed by atoms with E-state index in [2.05, 4.69) is 9.97 Å². The number of para-hydroxylation sites is 1. The van der Waals surface area contributed by atoms with Crippen LogP contribution in [0, 0.1) is 0 Å². The molecule has 0 saturated heterocycles. The fourth-order valence-corrected chi connectivity index (χ4v) is 0.923. The predicted octanol–water partition coefficient (Wildman–Crippen LogP) is -0.133. The molecule has 2 N–H and O–H groups in total. The van der Waals surface area contributed by atoms with Gasteiger partial charge in [0.2, 0.25) is 0 Å². The number of hydrogen-bond donors (Lipinski definition) is 2. The molecule has 0 spiro atoms. The fourth-order valence-electron chi connectivity index (χ4n) is 0.923. The average Bonchev–Trinajstić information content (AvgIpc) is 2.19. The fraction of sp³-hybridized carbons (Fsp3) is 0. The minimum absolute atomic E-state index is 0.750. The molecule has 0 bridgehead atoms. The largest absolute Gasteiger partial charge is 0.432 e. The summed E-state index contributed by atoms with van der Waals surface area (Å²) in [6.07, 6.45) is 3.37. The maximum absolute atomic E-state index is 7.12. The predicted molar refractivity (Wildman–Crippen MR) is 51.1 cm³/mol. The van der Waals surface area contributed by atoms with E-state index < -0.39 is 7.69 Å². The topological polar surface area (TPSA) is 66.2 Å². The lowest BCUT2D eigenvalue weighted by Gasteiger charge is -1.90. The summed E-state index contributed by atoms with van der Waals surface area (Å²) in [7, 11) is -0.750. The first-order chi connectivity index (χ1) is 6.38. The second-order valence-corrected chi connectivity index (χ2v) is 2.22. The van der Waals surface area contributed by atoms with E-state index >= 15 is 0 Å². The third-order valence-electron chi connectivity index (χ3n) is 1.41. The van der Waals surface area contributed by atoms with Gasteiger partial charge in [0.15, 0.2) is 0 Å². The third-order valence-corrected chi connectivity index (χ3v) is 1.41.